The van der Waals surface area contributed by atoms with E-state index in [0.29, 0.717) is 10.7 Å². The normalized spacial score (nSPS) is 11.7. The van der Waals surface area contributed by atoms with Crippen LogP contribution in [0.4, 0.5) is 5.69 Å². The maximum atomic E-state index is 12.6. The lowest BCUT2D eigenvalue weighted by Gasteiger charge is -2.09. The fourth-order valence-corrected chi connectivity index (χ4v) is 4.96. The van der Waals surface area contributed by atoms with E-state index in [1.165, 1.54) is 11.3 Å². The van der Waals surface area contributed by atoms with E-state index in [9.17, 15) is 8.42 Å². The Balaban J connectivity index is 1.92. The molecule has 0 radical (unpaired) electrons. The van der Waals surface area contributed by atoms with Crippen molar-refractivity contribution in [3.63, 3.8) is 0 Å². The number of benzene rings is 1. The zero-order chi connectivity index (χ0) is 17.5. The Kier molecular flexibility index (Phi) is 4.42. The Labute approximate surface area is 149 Å². The number of aryl methyl sites for hydroxylation is 2. The number of rotatable bonds is 4. The number of halogens is 1. The third-order valence-corrected chi connectivity index (χ3v) is 6.95. The summed E-state index contributed by atoms with van der Waals surface area (Å²) in [5.74, 6) is 0. The molecule has 126 valence electrons. The van der Waals surface area contributed by atoms with Gasteiger partial charge in [0.15, 0.2) is 0 Å². The highest BCUT2D eigenvalue weighted by molar-refractivity contribution is 7.94. The second kappa shape index (κ2) is 6.23. The highest BCUT2D eigenvalue weighted by Gasteiger charge is 2.20. The van der Waals surface area contributed by atoms with E-state index in [1.54, 1.807) is 37.3 Å². The maximum absolute atomic E-state index is 12.6. The molecule has 1 aromatic carbocycles. The van der Waals surface area contributed by atoms with Gasteiger partial charge in [0.05, 0.1) is 10.6 Å². The molecule has 2 aromatic heterocycles. The van der Waals surface area contributed by atoms with Crippen molar-refractivity contribution in [3.05, 3.63) is 52.2 Å². The monoisotopic (exact) mass is 381 g/mol. The van der Waals surface area contributed by atoms with Crippen molar-refractivity contribution in [1.29, 1.82) is 0 Å². The summed E-state index contributed by atoms with van der Waals surface area (Å²) in [7, 11) is -3.65. The minimum absolute atomic E-state index is 0.243. The minimum Gasteiger partial charge on any atom is -0.282 e. The van der Waals surface area contributed by atoms with E-state index < -0.39 is 10.0 Å². The maximum Gasteiger partial charge on any atom is 0.271 e. The van der Waals surface area contributed by atoms with Crippen LogP contribution in [0.25, 0.3) is 10.6 Å². The van der Waals surface area contributed by atoms with Crippen molar-refractivity contribution < 1.29 is 8.42 Å². The lowest BCUT2D eigenvalue weighted by Crippen LogP contribution is -2.12. The molecule has 2 N–H and O–H groups in total. The largest absolute Gasteiger partial charge is 0.282 e. The topological polar surface area (TPSA) is 74.8 Å². The molecule has 0 atom stereocenters. The van der Waals surface area contributed by atoms with Gasteiger partial charge in [0.25, 0.3) is 10.0 Å². The average molecular weight is 382 g/mol. The first-order valence-electron chi connectivity index (χ1n) is 7.18. The van der Waals surface area contributed by atoms with Crippen LogP contribution in [0.1, 0.15) is 16.8 Å². The quantitative estimate of drug-likeness (QED) is 0.697. The van der Waals surface area contributed by atoms with E-state index in [1.807, 2.05) is 13.8 Å². The number of sulfonamides is 1. The molecule has 0 saturated heterocycles. The minimum atomic E-state index is -3.65. The van der Waals surface area contributed by atoms with Gasteiger partial charge in [-0.15, -0.1) is 11.3 Å². The van der Waals surface area contributed by atoms with Crippen molar-refractivity contribution in [2.45, 2.75) is 25.0 Å². The first-order chi connectivity index (χ1) is 11.3. The molecule has 5 nitrogen and oxygen atoms in total. The fraction of sp³-hybridized carbons (Fsp3) is 0.188. The Hall–Kier alpha value is -1.83. The van der Waals surface area contributed by atoms with Crippen LogP contribution in [0.15, 0.2) is 34.5 Å². The summed E-state index contributed by atoms with van der Waals surface area (Å²) < 4.78 is 28.1. The highest BCUT2D eigenvalue weighted by Crippen LogP contribution is 2.33. The fourth-order valence-electron chi connectivity index (χ4n) is 2.25. The van der Waals surface area contributed by atoms with Crippen LogP contribution in [-0.4, -0.2) is 18.6 Å². The van der Waals surface area contributed by atoms with Crippen LogP contribution >= 0.6 is 22.9 Å². The van der Waals surface area contributed by atoms with Crippen LogP contribution in [0, 0.1) is 20.8 Å². The summed E-state index contributed by atoms with van der Waals surface area (Å²) >= 11 is 7.10. The van der Waals surface area contributed by atoms with Crippen LogP contribution in [0.3, 0.4) is 0 Å². The van der Waals surface area contributed by atoms with Gasteiger partial charge in [-0.2, -0.15) is 5.10 Å². The number of anilines is 1. The molecule has 3 rings (SSSR count). The van der Waals surface area contributed by atoms with Gasteiger partial charge >= 0.3 is 0 Å². The summed E-state index contributed by atoms with van der Waals surface area (Å²) in [5.41, 5.74) is 4.05. The molecule has 24 heavy (non-hydrogen) atoms. The summed E-state index contributed by atoms with van der Waals surface area (Å²) in [6.07, 6.45) is 0. The summed E-state index contributed by atoms with van der Waals surface area (Å²) in [4.78, 5) is 0.810. The molecule has 0 fully saturated rings. The van der Waals surface area contributed by atoms with Gasteiger partial charge in [-0.25, -0.2) is 8.42 Å². The van der Waals surface area contributed by atoms with Crippen LogP contribution in [0.5, 0.6) is 0 Å². The Morgan fingerprint density at radius 2 is 1.92 bits per heavy atom. The predicted molar refractivity (Wildman–Crippen MR) is 98.4 cm³/mol. The first-order valence-corrected chi connectivity index (χ1v) is 9.86. The molecule has 0 amide bonds. The van der Waals surface area contributed by atoms with E-state index in [0.717, 1.165) is 27.4 Å². The molecule has 0 bridgehead atoms. The van der Waals surface area contributed by atoms with Gasteiger partial charge in [0.2, 0.25) is 0 Å². The molecule has 0 aliphatic rings. The molecule has 0 unspecified atom stereocenters. The standard InChI is InChI=1S/C16H16ClN3O2S2/c1-9-8-12(17)4-5-13(9)20-24(21,22)15-7-6-14(23-15)16-10(2)11(3)18-19-16/h4-8,20H,1-3H3,(H,18,19). The molecule has 0 aliphatic carbocycles. The van der Waals surface area contributed by atoms with Crippen LogP contribution in [0.2, 0.25) is 5.02 Å². The SMILES string of the molecule is Cc1cc(Cl)ccc1NS(=O)(=O)c1ccc(-c2n[nH]c(C)c2C)s1. The summed E-state index contributed by atoms with van der Waals surface area (Å²) in [6, 6.07) is 8.40. The van der Waals surface area contributed by atoms with Gasteiger partial charge in [0, 0.05) is 10.7 Å². The van der Waals surface area contributed by atoms with Gasteiger partial charge in [0.1, 0.15) is 9.90 Å². The van der Waals surface area contributed by atoms with Gasteiger partial charge in [-0.1, -0.05) is 11.6 Å². The van der Waals surface area contributed by atoms with E-state index in [4.69, 9.17) is 11.6 Å². The molecule has 2 heterocycles. The average Bonchev–Trinajstić information content (AvgIpc) is 3.11. The molecule has 0 spiro atoms. The number of nitrogens with zero attached hydrogens (tertiary/aromatic N) is 1. The predicted octanol–water partition coefficient (Wildman–Crippen LogP) is 4.52. The molecule has 8 heteroatoms. The zero-order valence-corrected chi connectivity index (χ0v) is 15.7. The smallest absolute Gasteiger partial charge is 0.271 e. The Morgan fingerprint density at radius 3 is 2.54 bits per heavy atom. The van der Waals surface area contributed by atoms with Crippen molar-refractivity contribution in [1.82, 2.24) is 10.2 Å². The van der Waals surface area contributed by atoms with Crippen molar-refractivity contribution in [2.75, 3.05) is 4.72 Å². The van der Waals surface area contributed by atoms with Crippen molar-refractivity contribution in [3.8, 4) is 10.6 Å². The van der Waals surface area contributed by atoms with Gasteiger partial charge in [-0.3, -0.25) is 9.82 Å². The molecule has 0 saturated carbocycles. The third kappa shape index (κ3) is 3.19. The molecular formula is C16H16ClN3O2S2. The number of hydrogen-bond acceptors (Lipinski definition) is 4. The highest BCUT2D eigenvalue weighted by atomic mass is 35.5. The lowest BCUT2D eigenvalue weighted by molar-refractivity contribution is 0.603. The second-order valence-corrected chi connectivity index (χ2v) is 8.94. The number of nitrogens with one attached hydrogen (secondary N) is 2. The molecule has 0 aliphatic heterocycles. The third-order valence-electron chi connectivity index (χ3n) is 3.77. The van der Waals surface area contributed by atoms with Crippen LogP contribution < -0.4 is 4.72 Å². The van der Waals surface area contributed by atoms with Gasteiger partial charge < -0.3 is 0 Å². The number of hydrogen-bond donors (Lipinski definition) is 2. The number of aromatic nitrogens is 2. The lowest BCUT2D eigenvalue weighted by atomic mass is 10.2. The van der Waals surface area contributed by atoms with Gasteiger partial charge in [-0.05, 0) is 62.2 Å². The zero-order valence-electron chi connectivity index (χ0n) is 13.3. The first kappa shape index (κ1) is 17.0. The number of aromatic amines is 1. The molecule has 3 aromatic rings. The van der Waals surface area contributed by atoms with Crippen molar-refractivity contribution in [2.24, 2.45) is 0 Å². The van der Waals surface area contributed by atoms with E-state index in [2.05, 4.69) is 14.9 Å². The van der Waals surface area contributed by atoms with E-state index in [-0.39, 0.29) is 4.21 Å². The molecular weight excluding hydrogens is 366 g/mol. The summed E-state index contributed by atoms with van der Waals surface area (Å²) in [5, 5.41) is 7.73. The Morgan fingerprint density at radius 1 is 1.17 bits per heavy atom. The number of H-pyrrole nitrogens is 1. The van der Waals surface area contributed by atoms with Crippen LogP contribution in [-0.2, 0) is 10.0 Å². The Bertz CT molecular complexity index is 1010. The second-order valence-electron chi connectivity index (χ2n) is 5.51. The number of thiophene rings is 1. The van der Waals surface area contributed by atoms with Crippen molar-refractivity contribution >= 4 is 38.6 Å². The van der Waals surface area contributed by atoms with E-state index >= 15 is 0 Å². The summed E-state index contributed by atoms with van der Waals surface area (Å²) in [6.45, 7) is 5.69.